The summed E-state index contributed by atoms with van der Waals surface area (Å²) < 4.78 is 0. The smallest absolute Gasteiger partial charge is 0.0366 e. The molecule has 3 rings (SSSR count). The molecule has 2 fully saturated rings. The molecule has 1 aromatic rings. The lowest BCUT2D eigenvalue weighted by Gasteiger charge is -2.33. The average Bonchev–Trinajstić information content (AvgIpc) is 3.31. The first-order valence-corrected chi connectivity index (χ1v) is 8.42. The second-order valence-corrected chi connectivity index (χ2v) is 6.54. The Morgan fingerprint density at radius 1 is 1.05 bits per heavy atom. The zero-order chi connectivity index (χ0) is 13.8. The monoisotopic (exact) mass is 272 g/mol. The van der Waals surface area contributed by atoms with E-state index in [1.54, 1.807) is 0 Å². The first-order valence-electron chi connectivity index (χ1n) is 8.42. The molecular formula is C18H28N2. The molecule has 0 radical (unpaired) electrons. The molecule has 1 heterocycles. The van der Waals surface area contributed by atoms with Crippen molar-refractivity contribution in [3.05, 3.63) is 29.8 Å². The lowest BCUT2D eigenvalue weighted by Crippen LogP contribution is -2.33. The molecule has 1 aromatic carbocycles. The minimum absolute atomic E-state index is 0.798. The third-order valence-electron chi connectivity index (χ3n) is 4.79. The van der Waals surface area contributed by atoms with Gasteiger partial charge in [0.2, 0.25) is 0 Å². The molecule has 0 spiro atoms. The molecule has 1 aliphatic carbocycles. The summed E-state index contributed by atoms with van der Waals surface area (Å²) in [6.07, 6.45) is 8.24. The van der Waals surface area contributed by atoms with Gasteiger partial charge in [0.05, 0.1) is 0 Å². The van der Waals surface area contributed by atoms with Gasteiger partial charge in [-0.3, -0.25) is 0 Å². The summed E-state index contributed by atoms with van der Waals surface area (Å²) in [6.45, 7) is 5.82. The molecule has 0 atom stereocenters. The molecule has 2 heteroatoms. The molecule has 20 heavy (non-hydrogen) atoms. The third-order valence-corrected chi connectivity index (χ3v) is 4.79. The maximum atomic E-state index is 3.58. The highest BCUT2D eigenvalue weighted by Crippen LogP contribution is 2.26. The topological polar surface area (TPSA) is 15.3 Å². The number of rotatable bonds is 6. The van der Waals surface area contributed by atoms with Crippen molar-refractivity contribution in [1.82, 2.24) is 5.32 Å². The second kappa shape index (κ2) is 6.62. The van der Waals surface area contributed by atoms with Crippen LogP contribution < -0.4 is 10.2 Å². The Hall–Kier alpha value is -1.02. The Morgan fingerprint density at radius 3 is 2.35 bits per heavy atom. The van der Waals surface area contributed by atoms with Gasteiger partial charge in [0.1, 0.15) is 0 Å². The largest absolute Gasteiger partial charge is 0.372 e. The van der Waals surface area contributed by atoms with E-state index in [1.165, 1.54) is 62.9 Å². The number of anilines is 1. The maximum absolute atomic E-state index is 3.58. The second-order valence-electron chi connectivity index (χ2n) is 6.54. The van der Waals surface area contributed by atoms with Crippen LogP contribution >= 0.6 is 0 Å². The fourth-order valence-corrected chi connectivity index (χ4v) is 3.26. The molecule has 1 N–H and O–H groups in total. The minimum Gasteiger partial charge on any atom is -0.372 e. The molecule has 0 bridgehead atoms. The van der Waals surface area contributed by atoms with Crippen LogP contribution in [0.1, 0.15) is 51.0 Å². The molecule has 1 saturated carbocycles. The fraction of sp³-hybridized carbons (Fsp3) is 0.667. The van der Waals surface area contributed by atoms with E-state index in [0.717, 1.165) is 18.5 Å². The predicted octanol–water partition coefficient (Wildman–Crippen LogP) is 3.96. The predicted molar refractivity (Wildman–Crippen MR) is 86.1 cm³/mol. The van der Waals surface area contributed by atoms with E-state index < -0.39 is 0 Å². The molecule has 1 aliphatic heterocycles. The van der Waals surface area contributed by atoms with Crippen LogP contribution in [-0.2, 0) is 6.54 Å². The lowest BCUT2D eigenvalue weighted by atomic mass is 9.92. The van der Waals surface area contributed by atoms with Gasteiger partial charge in [0.15, 0.2) is 0 Å². The third kappa shape index (κ3) is 3.76. The molecule has 0 aromatic heterocycles. The summed E-state index contributed by atoms with van der Waals surface area (Å²) >= 11 is 0. The molecule has 1 saturated heterocycles. The molecule has 110 valence electrons. The molecule has 2 aliphatic rings. The normalized spacial score (nSPS) is 20.4. The van der Waals surface area contributed by atoms with Crippen LogP contribution in [0.3, 0.4) is 0 Å². The van der Waals surface area contributed by atoms with Crippen molar-refractivity contribution < 1.29 is 0 Å². The lowest BCUT2D eigenvalue weighted by molar-refractivity contribution is 0.378. The van der Waals surface area contributed by atoms with E-state index in [2.05, 4.69) is 41.4 Å². The molecule has 2 nitrogen and oxygen atoms in total. The molecule has 0 amide bonds. The van der Waals surface area contributed by atoms with Gasteiger partial charge in [-0.05, 0) is 49.3 Å². The number of benzene rings is 1. The average molecular weight is 272 g/mol. The number of nitrogens with one attached hydrogen (secondary N) is 1. The van der Waals surface area contributed by atoms with Gasteiger partial charge in [0, 0.05) is 31.4 Å². The van der Waals surface area contributed by atoms with E-state index in [1.807, 2.05) is 0 Å². The number of nitrogens with zero attached hydrogens (tertiary/aromatic N) is 1. The van der Waals surface area contributed by atoms with Crippen LogP contribution in [0.5, 0.6) is 0 Å². The van der Waals surface area contributed by atoms with Crippen LogP contribution in [0.4, 0.5) is 5.69 Å². The van der Waals surface area contributed by atoms with Gasteiger partial charge in [-0.2, -0.15) is 0 Å². The molecule has 0 unspecified atom stereocenters. The zero-order valence-corrected chi connectivity index (χ0v) is 12.8. The Balaban J connectivity index is 1.49. The van der Waals surface area contributed by atoms with Crippen LogP contribution in [0.25, 0.3) is 0 Å². The maximum Gasteiger partial charge on any atom is 0.0366 e. The van der Waals surface area contributed by atoms with E-state index in [0.29, 0.717) is 0 Å². The summed E-state index contributed by atoms with van der Waals surface area (Å²) in [5.41, 5.74) is 2.83. The number of hydrogen-bond donors (Lipinski definition) is 1. The van der Waals surface area contributed by atoms with E-state index in [-0.39, 0.29) is 0 Å². The fourth-order valence-electron chi connectivity index (χ4n) is 3.26. The highest BCUT2D eigenvalue weighted by atomic mass is 15.1. The van der Waals surface area contributed by atoms with E-state index >= 15 is 0 Å². The van der Waals surface area contributed by atoms with Crippen molar-refractivity contribution in [2.45, 2.75) is 58.0 Å². The molecular weight excluding hydrogens is 244 g/mol. The first-order chi connectivity index (χ1) is 9.85. The van der Waals surface area contributed by atoms with Crippen molar-refractivity contribution in [1.29, 1.82) is 0 Å². The summed E-state index contributed by atoms with van der Waals surface area (Å²) in [6, 6.07) is 10.0. The van der Waals surface area contributed by atoms with Crippen LogP contribution in [0.2, 0.25) is 0 Å². The number of piperidine rings is 1. The van der Waals surface area contributed by atoms with Crippen molar-refractivity contribution in [3.8, 4) is 0 Å². The SMILES string of the molecule is CCCC1CCN(c2ccc(CNC3CC3)cc2)CC1. The summed E-state index contributed by atoms with van der Waals surface area (Å²) in [5.74, 6) is 0.971. The summed E-state index contributed by atoms with van der Waals surface area (Å²) in [5, 5.41) is 3.58. The standard InChI is InChI=1S/C18H28N2/c1-2-3-15-10-12-20(13-11-15)18-8-4-16(5-9-18)14-19-17-6-7-17/h4-5,8-9,15,17,19H,2-3,6-7,10-14H2,1H3. The Kier molecular flexibility index (Phi) is 4.62. The minimum atomic E-state index is 0.798. The summed E-state index contributed by atoms with van der Waals surface area (Å²) in [4.78, 5) is 2.56. The van der Waals surface area contributed by atoms with Crippen LogP contribution in [-0.4, -0.2) is 19.1 Å². The van der Waals surface area contributed by atoms with Gasteiger partial charge >= 0.3 is 0 Å². The quantitative estimate of drug-likeness (QED) is 0.843. The van der Waals surface area contributed by atoms with E-state index in [9.17, 15) is 0 Å². The van der Waals surface area contributed by atoms with Crippen molar-refractivity contribution >= 4 is 5.69 Å². The highest BCUT2D eigenvalue weighted by molar-refractivity contribution is 5.48. The first kappa shape index (κ1) is 13.9. The van der Waals surface area contributed by atoms with Crippen molar-refractivity contribution in [2.24, 2.45) is 5.92 Å². The zero-order valence-electron chi connectivity index (χ0n) is 12.8. The van der Waals surface area contributed by atoms with Gasteiger partial charge in [0.25, 0.3) is 0 Å². The Morgan fingerprint density at radius 2 is 1.75 bits per heavy atom. The van der Waals surface area contributed by atoms with E-state index in [4.69, 9.17) is 0 Å². The van der Waals surface area contributed by atoms with Gasteiger partial charge in [-0.1, -0.05) is 31.9 Å². The van der Waals surface area contributed by atoms with Crippen LogP contribution in [0, 0.1) is 5.92 Å². The van der Waals surface area contributed by atoms with Gasteiger partial charge in [-0.15, -0.1) is 0 Å². The van der Waals surface area contributed by atoms with Crippen molar-refractivity contribution in [2.75, 3.05) is 18.0 Å². The Bertz CT molecular complexity index is 400. The van der Waals surface area contributed by atoms with Crippen molar-refractivity contribution in [3.63, 3.8) is 0 Å². The summed E-state index contributed by atoms with van der Waals surface area (Å²) in [7, 11) is 0. The highest BCUT2D eigenvalue weighted by Gasteiger charge is 2.20. The van der Waals surface area contributed by atoms with Gasteiger partial charge < -0.3 is 10.2 Å². The van der Waals surface area contributed by atoms with Crippen LogP contribution in [0.15, 0.2) is 24.3 Å². The Labute approximate surface area is 123 Å². The van der Waals surface area contributed by atoms with Gasteiger partial charge in [-0.25, -0.2) is 0 Å². The number of hydrogen-bond acceptors (Lipinski definition) is 2.